The van der Waals surface area contributed by atoms with E-state index < -0.39 is 0 Å². The standard InChI is InChI=1S/C54H42N4S2/c1-35-19-17-20-36(2)51(35)57(41-27-13-7-14-28-41)49-33-47-53(59-49)43-31-46-44(32-45(43)55(47)39-23-9-5-10-24-39)54-48(56(46)40-25-11-6-12-26-40)34-50(60-54)58(42-29-15-8-16-30-42)52-37(3)21-18-22-38(52)4/h5-34H,1-4H3. The third kappa shape index (κ3) is 5.78. The SMILES string of the molecule is Cc1cccc(C)c1N(c1ccccc1)c1cc2c(s1)c1cc3c(cc1n2-c1ccccc1)c1sc(N(c2ccccc2)c2c(C)cccc2C)cc1n3-c1ccccc1. The second-order valence-electron chi connectivity index (χ2n) is 15.6. The Hall–Kier alpha value is -6.86. The zero-order chi connectivity index (χ0) is 40.5. The van der Waals surface area contributed by atoms with E-state index in [1.165, 1.54) is 85.9 Å². The Labute approximate surface area is 358 Å². The van der Waals surface area contributed by atoms with Gasteiger partial charge in [-0.3, -0.25) is 0 Å². The first-order chi connectivity index (χ1) is 29.4. The molecule has 0 bridgehead atoms. The lowest BCUT2D eigenvalue weighted by molar-refractivity contribution is 1.17. The Kier molecular flexibility index (Phi) is 8.73. The van der Waals surface area contributed by atoms with Gasteiger partial charge in [-0.15, -0.1) is 22.7 Å². The minimum absolute atomic E-state index is 1.15. The van der Waals surface area contributed by atoms with Crippen molar-refractivity contribution in [3.05, 3.63) is 204 Å². The van der Waals surface area contributed by atoms with E-state index in [9.17, 15) is 0 Å². The molecule has 0 N–H and O–H groups in total. The molecule has 0 spiro atoms. The van der Waals surface area contributed by atoms with Gasteiger partial charge < -0.3 is 18.9 Å². The largest absolute Gasteiger partial charge is 0.308 e. The molecule has 60 heavy (non-hydrogen) atoms. The van der Waals surface area contributed by atoms with Crippen LogP contribution in [0.4, 0.5) is 32.8 Å². The smallest absolute Gasteiger partial charge is 0.103 e. The molecule has 0 saturated heterocycles. The predicted molar refractivity (Wildman–Crippen MR) is 259 cm³/mol. The van der Waals surface area contributed by atoms with Gasteiger partial charge in [-0.25, -0.2) is 0 Å². The van der Waals surface area contributed by atoms with Gasteiger partial charge in [0.05, 0.1) is 42.8 Å². The number of aromatic nitrogens is 2. The molecule has 0 unspecified atom stereocenters. The van der Waals surface area contributed by atoms with Gasteiger partial charge in [0.15, 0.2) is 0 Å². The van der Waals surface area contributed by atoms with Crippen LogP contribution in [0.5, 0.6) is 0 Å². The lowest BCUT2D eigenvalue weighted by Crippen LogP contribution is -2.11. The van der Waals surface area contributed by atoms with Crippen molar-refractivity contribution in [3.63, 3.8) is 0 Å². The number of benzene rings is 7. The van der Waals surface area contributed by atoms with Crippen LogP contribution in [0, 0.1) is 27.7 Å². The van der Waals surface area contributed by atoms with Crippen LogP contribution in [-0.4, -0.2) is 9.13 Å². The second kappa shape index (κ2) is 14.5. The van der Waals surface area contributed by atoms with Crippen molar-refractivity contribution in [2.75, 3.05) is 9.80 Å². The van der Waals surface area contributed by atoms with E-state index in [0.29, 0.717) is 0 Å². The van der Waals surface area contributed by atoms with Gasteiger partial charge in [-0.1, -0.05) is 109 Å². The van der Waals surface area contributed by atoms with E-state index in [-0.39, 0.29) is 0 Å². The predicted octanol–water partition coefficient (Wildman–Crippen LogP) is 16.2. The van der Waals surface area contributed by atoms with Gasteiger partial charge in [0.25, 0.3) is 0 Å². The van der Waals surface area contributed by atoms with Crippen molar-refractivity contribution < 1.29 is 0 Å². The van der Waals surface area contributed by atoms with Crippen LogP contribution in [-0.2, 0) is 0 Å². The normalized spacial score (nSPS) is 11.7. The number of hydrogen-bond acceptors (Lipinski definition) is 4. The van der Waals surface area contributed by atoms with Crippen molar-refractivity contribution in [2.24, 2.45) is 0 Å². The van der Waals surface area contributed by atoms with Crippen LogP contribution in [0.1, 0.15) is 22.3 Å². The minimum atomic E-state index is 1.15. The van der Waals surface area contributed by atoms with Crippen molar-refractivity contribution in [1.82, 2.24) is 9.13 Å². The Balaban J connectivity index is 1.21. The summed E-state index contributed by atoms with van der Waals surface area (Å²) in [5, 5.41) is 4.87. The van der Waals surface area contributed by atoms with Gasteiger partial charge >= 0.3 is 0 Å². The number of hydrogen-bond donors (Lipinski definition) is 0. The highest BCUT2D eigenvalue weighted by Gasteiger charge is 2.26. The summed E-state index contributed by atoms with van der Waals surface area (Å²) in [7, 11) is 0. The molecule has 11 rings (SSSR count). The van der Waals surface area contributed by atoms with Crippen LogP contribution in [0.25, 0.3) is 53.6 Å². The molecule has 0 aliphatic heterocycles. The molecule has 0 atom stereocenters. The van der Waals surface area contributed by atoms with Crippen LogP contribution in [0.15, 0.2) is 182 Å². The summed E-state index contributed by atoms with van der Waals surface area (Å²) in [6.07, 6.45) is 0. The third-order valence-electron chi connectivity index (χ3n) is 11.8. The van der Waals surface area contributed by atoms with Gasteiger partial charge in [0.1, 0.15) is 10.0 Å². The Morgan fingerprint density at radius 3 is 1.03 bits per heavy atom. The van der Waals surface area contributed by atoms with Crippen molar-refractivity contribution in [3.8, 4) is 11.4 Å². The topological polar surface area (TPSA) is 16.3 Å². The molecule has 0 amide bonds. The first-order valence-corrected chi connectivity index (χ1v) is 22.1. The summed E-state index contributed by atoms with van der Waals surface area (Å²) in [5.74, 6) is 0. The minimum Gasteiger partial charge on any atom is -0.308 e. The summed E-state index contributed by atoms with van der Waals surface area (Å²) >= 11 is 3.75. The van der Waals surface area contributed by atoms with Crippen LogP contribution < -0.4 is 9.80 Å². The first kappa shape index (κ1) is 36.2. The fourth-order valence-electron chi connectivity index (χ4n) is 9.16. The maximum Gasteiger partial charge on any atom is 0.103 e. The number of fused-ring (bicyclic) bond motifs is 6. The Bertz CT molecular complexity index is 3090. The fraction of sp³-hybridized carbons (Fsp3) is 0.0741. The Morgan fingerprint density at radius 2 is 0.683 bits per heavy atom. The molecule has 0 aliphatic rings. The van der Waals surface area contributed by atoms with Crippen LogP contribution in [0.3, 0.4) is 0 Å². The maximum atomic E-state index is 2.48. The molecule has 0 fully saturated rings. The van der Waals surface area contributed by atoms with Gasteiger partial charge in [-0.2, -0.15) is 0 Å². The maximum absolute atomic E-state index is 2.48. The molecule has 4 aromatic heterocycles. The van der Waals surface area contributed by atoms with Crippen LogP contribution >= 0.6 is 22.7 Å². The van der Waals surface area contributed by atoms with Crippen molar-refractivity contribution in [2.45, 2.75) is 27.7 Å². The zero-order valence-corrected chi connectivity index (χ0v) is 35.6. The molecular formula is C54H42N4S2. The van der Waals surface area contributed by atoms with Crippen molar-refractivity contribution >= 4 is 97.7 Å². The van der Waals surface area contributed by atoms with E-state index in [4.69, 9.17) is 0 Å². The number of aryl methyl sites for hydroxylation is 4. The van der Waals surface area contributed by atoms with E-state index >= 15 is 0 Å². The van der Waals surface area contributed by atoms with Gasteiger partial charge in [-0.05, 0) is 123 Å². The number of thiophene rings is 2. The quantitative estimate of drug-likeness (QED) is 0.152. The molecule has 0 aliphatic carbocycles. The lowest BCUT2D eigenvalue weighted by atomic mass is 10.1. The summed E-state index contributed by atoms with van der Waals surface area (Å²) < 4.78 is 7.50. The third-order valence-corrected chi connectivity index (χ3v) is 14.1. The monoisotopic (exact) mass is 810 g/mol. The summed E-state index contributed by atoms with van der Waals surface area (Å²) in [6.45, 7) is 8.88. The molecule has 6 heteroatoms. The summed E-state index contributed by atoms with van der Waals surface area (Å²) in [6, 6.07) is 66.2. The molecule has 11 aromatic rings. The van der Waals surface area contributed by atoms with E-state index in [1.807, 2.05) is 22.7 Å². The van der Waals surface area contributed by atoms with E-state index in [0.717, 1.165) is 22.7 Å². The highest BCUT2D eigenvalue weighted by Crippen LogP contribution is 2.51. The average Bonchev–Trinajstić information content (AvgIpc) is 4.03. The second-order valence-corrected chi connectivity index (χ2v) is 17.7. The van der Waals surface area contributed by atoms with Gasteiger partial charge in [0, 0.05) is 33.5 Å². The highest BCUT2D eigenvalue weighted by molar-refractivity contribution is 7.24. The first-order valence-electron chi connectivity index (χ1n) is 20.4. The Morgan fingerprint density at radius 1 is 0.350 bits per heavy atom. The summed E-state index contributed by atoms with van der Waals surface area (Å²) in [5.41, 5.74) is 16.9. The van der Waals surface area contributed by atoms with E-state index in [2.05, 4.69) is 229 Å². The molecule has 290 valence electrons. The average molecular weight is 811 g/mol. The van der Waals surface area contributed by atoms with Crippen LogP contribution in [0.2, 0.25) is 0 Å². The molecule has 7 aromatic carbocycles. The van der Waals surface area contributed by atoms with Crippen molar-refractivity contribution in [1.29, 1.82) is 0 Å². The molecule has 4 nitrogen and oxygen atoms in total. The summed E-state index contributed by atoms with van der Waals surface area (Å²) in [4.78, 5) is 4.90. The van der Waals surface area contributed by atoms with E-state index in [1.54, 1.807) is 0 Å². The highest BCUT2D eigenvalue weighted by atomic mass is 32.1. The number of rotatable bonds is 8. The fourth-order valence-corrected chi connectivity index (χ4v) is 11.6. The van der Waals surface area contributed by atoms with Gasteiger partial charge in [0.2, 0.25) is 0 Å². The lowest BCUT2D eigenvalue weighted by Gasteiger charge is -2.27. The number of anilines is 6. The molecule has 0 saturated carbocycles. The molecule has 0 radical (unpaired) electrons. The molecule has 4 heterocycles. The zero-order valence-electron chi connectivity index (χ0n) is 33.9. The molecular weight excluding hydrogens is 769 g/mol. The number of para-hydroxylation sites is 6. The number of nitrogens with zero attached hydrogens (tertiary/aromatic N) is 4.